The summed E-state index contributed by atoms with van der Waals surface area (Å²) in [5.41, 5.74) is 0. The van der Waals surface area contributed by atoms with Gasteiger partial charge < -0.3 is 10.1 Å². The first-order chi connectivity index (χ1) is 6.81. The Morgan fingerprint density at radius 2 is 2.36 bits per heavy atom. The molecule has 0 amide bonds. The van der Waals surface area contributed by atoms with Crippen LogP contribution in [0, 0.1) is 11.8 Å². The fraction of sp³-hybridized carbons (Fsp3) is 0.909. The lowest BCUT2D eigenvalue weighted by molar-refractivity contribution is -0.143. The summed E-state index contributed by atoms with van der Waals surface area (Å²) in [5, 5.41) is 3.45. The summed E-state index contributed by atoms with van der Waals surface area (Å²) in [6.45, 7) is 3.47. The van der Waals surface area contributed by atoms with Gasteiger partial charge in [0.05, 0.1) is 13.0 Å². The van der Waals surface area contributed by atoms with Gasteiger partial charge in [-0.1, -0.05) is 6.42 Å². The minimum Gasteiger partial charge on any atom is -0.466 e. The average molecular weight is 197 g/mol. The highest BCUT2D eigenvalue weighted by Crippen LogP contribution is 2.38. The van der Waals surface area contributed by atoms with Gasteiger partial charge in [0, 0.05) is 6.04 Å². The number of hydrogen-bond acceptors (Lipinski definition) is 3. The number of carbonyl (C=O) groups excluding carboxylic acids is 1. The van der Waals surface area contributed by atoms with Crippen LogP contribution in [0.1, 0.15) is 32.6 Å². The second-order valence-corrected chi connectivity index (χ2v) is 4.38. The molecule has 1 N–H and O–H groups in total. The molecule has 0 unspecified atom stereocenters. The lowest BCUT2D eigenvalue weighted by Gasteiger charge is -2.16. The first-order valence-electron chi connectivity index (χ1n) is 5.70. The van der Waals surface area contributed by atoms with Crippen molar-refractivity contribution in [2.24, 2.45) is 11.8 Å². The number of rotatable bonds is 3. The molecule has 1 aliphatic heterocycles. The molecule has 0 spiro atoms. The normalized spacial score (nSPS) is 35.6. The van der Waals surface area contributed by atoms with E-state index < -0.39 is 0 Å². The number of carbonyl (C=O) groups is 1. The van der Waals surface area contributed by atoms with Crippen LogP contribution >= 0.6 is 0 Å². The van der Waals surface area contributed by atoms with Gasteiger partial charge in [0.25, 0.3) is 0 Å². The standard InChI is InChI=1S/C11H19NO2/c1-2-14-11(13)6-10-9-5-3-4-8(9)7-12-10/h8-10,12H,2-7H2,1H3/t8-,9-,10-/m1/s1. The van der Waals surface area contributed by atoms with Gasteiger partial charge in [-0.25, -0.2) is 0 Å². The maximum absolute atomic E-state index is 11.3. The van der Waals surface area contributed by atoms with Crippen LogP contribution in [0.2, 0.25) is 0 Å². The highest BCUT2D eigenvalue weighted by Gasteiger charge is 2.39. The van der Waals surface area contributed by atoms with Gasteiger partial charge in [0.2, 0.25) is 0 Å². The second-order valence-electron chi connectivity index (χ2n) is 4.38. The summed E-state index contributed by atoms with van der Waals surface area (Å²) in [4.78, 5) is 11.3. The van der Waals surface area contributed by atoms with Crippen LogP contribution < -0.4 is 5.32 Å². The molecule has 0 aromatic rings. The van der Waals surface area contributed by atoms with Crippen LogP contribution in [0.3, 0.4) is 0 Å². The molecule has 3 heteroatoms. The zero-order valence-corrected chi connectivity index (χ0v) is 8.79. The number of nitrogens with one attached hydrogen (secondary N) is 1. The van der Waals surface area contributed by atoms with Gasteiger partial charge >= 0.3 is 5.97 Å². The first-order valence-corrected chi connectivity index (χ1v) is 5.70. The van der Waals surface area contributed by atoms with Crippen molar-refractivity contribution >= 4 is 5.97 Å². The van der Waals surface area contributed by atoms with Gasteiger partial charge in [-0.3, -0.25) is 4.79 Å². The topological polar surface area (TPSA) is 38.3 Å². The lowest BCUT2D eigenvalue weighted by Crippen LogP contribution is -2.30. The maximum Gasteiger partial charge on any atom is 0.307 e. The lowest BCUT2D eigenvalue weighted by atomic mass is 9.92. The van der Waals surface area contributed by atoms with Crippen LogP contribution in [0.5, 0.6) is 0 Å². The van der Waals surface area contributed by atoms with Crippen molar-refractivity contribution in [3.05, 3.63) is 0 Å². The second kappa shape index (κ2) is 4.30. The third kappa shape index (κ3) is 1.92. The molecule has 0 bridgehead atoms. The molecule has 3 atom stereocenters. The van der Waals surface area contributed by atoms with E-state index in [1.807, 2.05) is 6.92 Å². The number of esters is 1. The van der Waals surface area contributed by atoms with Crippen molar-refractivity contribution < 1.29 is 9.53 Å². The molecule has 1 aliphatic carbocycles. The molecule has 1 saturated carbocycles. The van der Waals surface area contributed by atoms with Crippen LogP contribution in [-0.2, 0) is 9.53 Å². The van der Waals surface area contributed by atoms with E-state index in [-0.39, 0.29) is 5.97 Å². The highest BCUT2D eigenvalue weighted by atomic mass is 16.5. The Kier molecular flexibility index (Phi) is 3.06. The molecule has 0 aromatic heterocycles. The molecule has 2 aliphatic rings. The highest BCUT2D eigenvalue weighted by molar-refractivity contribution is 5.70. The molecule has 3 nitrogen and oxygen atoms in total. The van der Waals surface area contributed by atoms with E-state index in [1.165, 1.54) is 19.3 Å². The molecule has 0 radical (unpaired) electrons. The zero-order chi connectivity index (χ0) is 9.97. The molecule has 1 heterocycles. The van der Waals surface area contributed by atoms with E-state index in [2.05, 4.69) is 5.32 Å². The largest absolute Gasteiger partial charge is 0.466 e. The van der Waals surface area contributed by atoms with Crippen molar-refractivity contribution in [1.29, 1.82) is 0 Å². The molecule has 2 fully saturated rings. The number of fused-ring (bicyclic) bond motifs is 1. The van der Waals surface area contributed by atoms with Crippen molar-refractivity contribution in [2.75, 3.05) is 13.2 Å². The predicted molar refractivity (Wildman–Crippen MR) is 53.9 cm³/mol. The van der Waals surface area contributed by atoms with Gasteiger partial charge in [-0.15, -0.1) is 0 Å². The van der Waals surface area contributed by atoms with Gasteiger partial charge in [-0.2, -0.15) is 0 Å². The third-order valence-electron chi connectivity index (χ3n) is 3.57. The summed E-state index contributed by atoms with van der Waals surface area (Å²) < 4.78 is 4.97. The summed E-state index contributed by atoms with van der Waals surface area (Å²) in [5.74, 6) is 1.52. The smallest absolute Gasteiger partial charge is 0.307 e. The Hall–Kier alpha value is -0.570. The van der Waals surface area contributed by atoms with Crippen molar-refractivity contribution in [3.8, 4) is 0 Å². The molecule has 2 rings (SSSR count). The SMILES string of the molecule is CCOC(=O)C[C@H]1NC[C@H]2CCC[C@H]21. The van der Waals surface area contributed by atoms with Crippen LogP contribution in [-0.4, -0.2) is 25.2 Å². The van der Waals surface area contributed by atoms with Gasteiger partial charge in [0.15, 0.2) is 0 Å². The first kappa shape index (κ1) is 9.97. The van der Waals surface area contributed by atoms with Crippen molar-refractivity contribution in [3.63, 3.8) is 0 Å². The van der Waals surface area contributed by atoms with Crippen LogP contribution in [0.25, 0.3) is 0 Å². The number of hydrogen-bond donors (Lipinski definition) is 1. The average Bonchev–Trinajstić information content (AvgIpc) is 2.70. The van der Waals surface area contributed by atoms with Crippen LogP contribution in [0.15, 0.2) is 0 Å². The predicted octanol–water partition coefficient (Wildman–Crippen LogP) is 1.33. The summed E-state index contributed by atoms with van der Waals surface area (Å²) in [7, 11) is 0. The van der Waals surface area contributed by atoms with E-state index in [0.717, 1.165) is 18.4 Å². The summed E-state index contributed by atoms with van der Waals surface area (Å²) in [6.07, 6.45) is 4.55. The Balaban J connectivity index is 1.83. The van der Waals surface area contributed by atoms with Gasteiger partial charge in [-0.05, 0) is 38.1 Å². The Morgan fingerprint density at radius 1 is 1.50 bits per heavy atom. The molecular weight excluding hydrogens is 178 g/mol. The molecule has 14 heavy (non-hydrogen) atoms. The Morgan fingerprint density at radius 3 is 3.14 bits per heavy atom. The maximum atomic E-state index is 11.3. The third-order valence-corrected chi connectivity index (χ3v) is 3.57. The fourth-order valence-electron chi connectivity index (χ4n) is 2.93. The molecular formula is C11H19NO2. The van der Waals surface area contributed by atoms with E-state index in [9.17, 15) is 4.79 Å². The fourth-order valence-corrected chi connectivity index (χ4v) is 2.93. The van der Waals surface area contributed by atoms with Crippen molar-refractivity contribution in [2.45, 2.75) is 38.6 Å². The zero-order valence-electron chi connectivity index (χ0n) is 8.79. The summed E-state index contributed by atoms with van der Waals surface area (Å²) in [6, 6.07) is 0.390. The van der Waals surface area contributed by atoms with E-state index >= 15 is 0 Å². The quantitative estimate of drug-likeness (QED) is 0.694. The minimum absolute atomic E-state index is 0.0439. The van der Waals surface area contributed by atoms with E-state index in [0.29, 0.717) is 19.1 Å². The van der Waals surface area contributed by atoms with Crippen LogP contribution in [0.4, 0.5) is 0 Å². The van der Waals surface area contributed by atoms with E-state index in [1.54, 1.807) is 0 Å². The molecule has 1 saturated heterocycles. The van der Waals surface area contributed by atoms with E-state index in [4.69, 9.17) is 4.74 Å². The minimum atomic E-state index is -0.0439. The summed E-state index contributed by atoms with van der Waals surface area (Å²) >= 11 is 0. The Labute approximate surface area is 85.2 Å². The molecule has 0 aromatic carbocycles. The Bertz CT molecular complexity index is 217. The van der Waals surface area contributed by atoms with Gasteiger partial charge in [0.1, 0.15) is 0 Å². The molecule has 80 valence electrons. The monoisotopic (exact) mass is 197 g/mol. The van der Waals surface area contributed by atoms with Crippen molar-refractivity contribution in [1.82, 2.24) is 5.32 Å². The number of ether oxygens (including phenoxy) is 1.